The Bertz CT molecular complexity index is 405. The molecule has 0 bridgehead atoms. The first-order valence-corrected chi connectivity index (χ1v) is 7.62. The van der Waals surface area contributed by atoms with Gasteiger partial charge in [-0.2, -0.15) is 5.10 Å². The highest BCUT2D eigenvalue weighted by Crippen LogP contribution is 2.34. The number of nitrogens with one attached hydrogen (secondary N) is 1. The Kier molecular flexibility index (Phi) is 3.89. The maximum atomic E-state index is 5.56. The van der Waals surface area contributed by atoms with Gasteiger partial charge in [-0.05, 0) is 50.0 Å². The van der Waals surface area contributed by atoms with Crippen molar-refractivity contribution in [3.63, 3.8) is 0 Å². The summed E-state index contributed by atoms with van der Waals surface area (Å²) in [5.74, 6) is 0. The van der Waals surface area contributed by atoms with E-state index < -0.39 is 0 Å². The molecule has 19 heavy (non-hydrogen) atoms. The summed E-state index contributed by atoms with van der Waals surface area (Å²) in [4.78, 5) is 0. The molecule has 0 amide bonds. The second-order valence-corrected chi connectivity index (χ2v) is 6.15. The molecule has 106 valence electrons. The summed E-state index contributed by atoms with van der Waals surface area (Å²) in [6.45, 7) is 6.05. The molecule has 4 nitrogen and oxygen atoms in total. The standard InChI is InChI=1S/C15H25N3O/c1-2-18-11-13(10-17-18)9-15(5-7-19-8-6-15)12-16-14-3-4-14/h10-11,14,16H,2-9,12H2,1H3. The van der Waals surface area contributed by atoms with Gasteiger partial charge < -0.3 is 10.1 Å². The second-order valence-electron chi connectivity index (χ2n) is 6.15. The molecule has 1 N–H and O–H groups in total. The van der Waals surface area contributed by atoms with Crippen molar-refractivity contribution in [2.24, 2.45) is 5.41 Å². The van der Waals surface area contributed by atoms with E-state index in [1.165, 1.54) is 31.2 Å². The lowest BCUT2D eigenvalue weighted by Crippen LogP contribution is -2.41. The van der Waals surface area contributed by atoms with Gasteiger partial charge in [0.25, 0.3) is 0 Å². The molecule has 0 spiro atoms. The Hall–Kier alpha value is -0.870. The Morgan fingerprint density at radius 2 is 2.21 bits per heavy atom. The van der Waals surface area contributed by atoms with E-state index in [1.54, 1.807) is 0 Å². The van der Waals surface area contributed by atoms with Crippen LogP contribution in [-0.4, -0.2) is 35.6 Å². The molecule has 0 aromatic carbocycles. The minimum absolute atomic E-state index is 0.377. The molecular weight excluding hydrogens is 238 g/mol. The van der Waals surface area contributed by atoms with E-state index in [0.29, 0.717) is 5.41 Å². The van der Waals surface area contributed by atoms with Gasteiger partial charge in [0.15, 0.2) is 0 Å². The van der Waals surface area contributed by atoms with Crippen molar-refractivity contribution in [2.45, 2.75) is 51.6 Å². The van der Waals surface area contributed by atoms with Gasteiger partial charge in [-0.25, -0.2) is 0 Å². The van der Waals surface area contributed by atoms with Crippen molar-refractivity contribution >= 4 is 0 Å². The zero-order valence-electron chi connectivity index (χ0n) is 11.9. The van der Waals surface area contributed by atoms with Crippen LogP contribution in [0, 0.1) is 5.41 Å². The molecule has 0 unspecified atom stereocenters. The molecule has 1 aromatic rings. The molecule has 3 rings (SSSR count). The molecule has 1 saturated carbocycles. The molecule has 0 atom stereocenters. The van der Waals surface area contributed by atoms with Crippen LogP contribution >= 0.6 is 0 Å². The van der Waals surface area contributed by atoms with E-state index in [1.807, 2.05) is 10.9 Å². The summed E-state index contributed by atoms with van der Waals surface area (Å²) < 4.78 is 7.59. The third kappa shape index (κ3) is 3.37. The molecule has 2 heterocycles. The number of nitrogens with zero attached hydrogens (tertiary/aromatic N) is 2. The number of rotatable bonds is 6. The van der Waals surface area contributed by atoms with E-state index in [2.05, 4.69) is 23.5 Å². The number of hydrogen-bond donors (Lipinski definition) is 1. The number of aromatic nitrogens is 2. The van der Waals surface area contributed by atoms with Crippen LogP contribution in [0.25, 0.3) is 0 Å². The third-order valence-electron chi connectivity index (χ3n) is 4.49. The lowest BCUT2D eigenvalue weighted by atomic mass is 9.75. The maximum absolute atomic E-state index is 5.56. The fraction of sp³-hybridized carbons (Fsp3) is 0.800. The molecule has 2 aliphatic rings. The van der Waals surface area contributed by atoms with Crippen molar-refractivity contribution in [3.05, 3.63) is 18.0 Å². The molecule has 1 aliphatic carbocycles. The van der Waals surface area contributed by atoms with Crippen LogP contribution in [0.4, 0.5) is 0 Å². The second kappa shape index (κ2) is 5.63. The van der Waals surface area contributed by atoms with Crippen LogP contribution in [0.15, 0.2) is 12.4 Å². The maximum Gasteiger partial charge on any atom is 0.0521 e. The lowest BCUT2D eigenvalue weighted by molar-refractivity contribution is 0.0147. The van der Waals surface area contributed by atoms with Gasteiger partial charge in [0.05, 0.1) is 6.20 Å². The average molecular weight is 263 g/mol. The van der Waals surface area contributed by atoms with Gasteiger partial charge in [-0.1, -0.05) is 0 Å². The van der Waals surface area contributed by atoms with Crippen molar-refractivity contribution in [1.29, 1.82) is 0 Å². The van der Waals surface area contributed by atoms with Gasteiger partial charge in [0, 0.05) is 38.5 Å². The minimum atomic E-state index is 0.377. The smallest absolute Gasteiger partial charge is 0.0521 e. The molecule has 1 saturated heterocycles. The van der Waals surface area contributed by atoms with E-state index >= 15 is 0 Å². The first-order valence-electron chi connectivity index (χ1n) is 7.62. The minimum Gasteiger partial charge on any atom is -0.381 e. The summed E-state index contributed by atoms with van der Waals surface area (Å²) >= 11 is 0. The highest BCUT2D eigenvalue weighted by molar-refractivity contribution is 5.09. The number of ether oxygens (including phenoxy) is 1. The largest absolute Gasteiger partial charge is 0.381 e. The van der Waals surface area contributed by atoms with Crippen LogP contribution in [0.1, 0.15) is 38.2 Å². The van der Waals surface area contributed by atoms with E-state index in [0.717, 1.165) is 38.8 Å². The summed E-state index contributed by atoms with van der Waals surface area (Å²) in [5.41, 5.74) is 1.75. The molecular formula is C15H25N3O. The summed E-state index contributed by atoms with van der Waals surface area (Å²) in [6, 6.07) is 0.790. The Morgan fingerprint density at radius 3 is 2.84 bits per heavy atom. The zero-order valence-corrected chi connectivity index (χ0v) is 11.9. The molecule has 4 heteroatoms. The van der Waals surface area contributed by atoms with E-state index in [4.69, 9.17) is 4.74 Å². The quantitative estimate of drug-likeness (QED) is 0.853. The van der Waals surface area contributed by atoms with Gasteiger partial charge >= 0.3 is 0 Å². The van der Waals surface area contributed by atoms with Crippen molar-refractivity contribution in [1.82, 2.24) is 15.1 Å². The number of aryl methyl sites for hydroxylation is 1. The van der Waals surface area contributed by atoms with Crippen LogP contribution in [0.2, 0.25) is 0 Å². The molecule has 2 fully saturated rings. The third-order valence-corrected chi connectivity index (χ3v) is 4.49. The van der Waals surface area contributed by atoms with Crippen molar-refractivity contribution in [2.75, 3.05) is 19.8 Å². The Balaban J connectivity index is 1.66. The fourth-order valence-electron chi connectivity index (χ4n) is 2.97. The average Bonchev–Trinajstić information content (AvgIpc) is 3.17. The van der Waals surface area contributed by atoms with Crippen molar-refractivity contribution in [3.8, 4) is 0 Å². The first kappa shape index (κ1) is 13.1. The SMILES string of the molecule is CCn1cc(CC2(CNC3CC3)CCOCC2)cn1. The fourth-order valence-corrected chi connectivity index (χ4v) is 2.97. The van der Waals surface area contributed by atoms with E-state index in [9.17, 15) is 0 Å². The number of hydrogen-bond acceptors (Lipinski definition) is 3. The van der Waals surface area contributed by atoms with Crippen LogP contribution in [0.5, 0.6) is 0 Å². The zero-order chi connectivity index (χ0) is 13.1. The van der Waals surface area contributed by atoms with E-state index in [-0.39, 0.29) is 0 Å². The van der Waals surface area contributed by atoms with Gasteiger partial charge in [0.1, 0.15) is 0 Å². The Morgan fingerprint density at radius 1 is 1.42 bits per heavy atom. The van der Waals surface area contributed by atoms with Crippen LogP contribution in [0.3, 0.4) is 0 Å². The van der Waals surface area contributed by atoms with Gasteiger partial charge in [-0.15, -0.1) is 0 Å². The predicted octanol–water partition coefficient (Wildman–Crippen LogP) is 1.99. The van der Waals surface area contributed by atoms with Crippen molar-refractivity contribution < 1.29 is 4.74 Å². The summed E-state index contributed by atoms with van der Waals surface area (Å²) in [5, 5.41) is 8.13. The molecule has 1 aromatic heterocycles. The van der Waals surface area contributed by atoms with Gasteiger partial charge in [0.2, 0.25) is 0 Å². The summed E-state index contributed by atoms with van der Waals surface area (Å²) in [6.07, 6.45) is 10.4. The Labute approximate surface area is 115 Å². The van der Waals surface area contributed by atoms with Crippen LogP contribution in [-0.2, 0) is 17.7 Å². The highest BCUT2D eigenvalue weighted by Gasteiger charge is 2.35. The normalized spacial score (nSPS) is 22.6. The topological polar surface area (TPSA) is 39.1 Å². The highest BCUT2D eigenvalue weighted by atomic mass is 16.5. The monoisotopic (exact) mass is 263 g/mol. The first-order chi connectivity index (χ1) is 9.30. The molecule has 0 radical (unpaired) electrons. The predicted molar refractivity (Wildman–Crippen MR) is 75.1 cm³/mol. The lowest BCUT2D eigenvalue weighted by Gasteiger charge is -2.37. The molecule has 1 aliphatic heterocycles. The van der Waals surface area contributed by atoms with Gasteiger partial charge in [-0.3, -0.25) is 4.68 Å². The summed E-state index contributed by atoms with van der Waals surface area (Å²) in [7, 11) is 0. The van der Waals surface area contributed by atoms with Crippen LogP contribution < -0.4 is 5.32 Å².